The maximum atomic E-state index is 12.9. The Balaban J connectivity index is 1.85. The summed E-state index contributed by atoms with van der Waals surface area (Å²) in [6.07, 6.45) is 0. The quantitative estimate of drug-likeness (QED) is 0.191. The second-order valence-electron chi connectivity index (χ2n) is 7.45. The van der Waals surface area contributed by atoms with Crippen LogP contribution in [0.2, 0.25) is 0 Å². The highest BCUT2D eigenvalue weighted by Crippen LogP contribution is 2.32. The summed E-state index contributed by atoms with van der Waals surface area (Å²) in [7, 11) is 3.27. The van der Waals surface area contributed by atoms with Gasteiger partial charge in [-0.2, -0.15) is 0 Å². The number of hydrogen-bond acceptors (Lipinski definition) is 7. The molecule has 0 bridgehead atoms. The van der Waals surface area contributed by atoms with Gasteiger partial charge in [-0.3, -0.25) is 14.9 Å². The summed E-state index contributed by atoms with van der Waals surface area (Å²) < 4.78 is 10.3. The number of nitrogens with zero attached hydrogens (tertiary/aromatic N) is 2. The van der Waals surface area contributed by atoms with E-state index in [1.54, 1.807) is 37.1 Å². The van der Waals surface area contributed by atoms with Gasteiger partial charge in [0, 0.05) is 43.2 Å². The number of esters is 1. The maximum absolute atomic E-state index is 12.9. The first-order valence-corrected chi connectivity index (χ1v) is 10.7. The van der Waals surface area contributed by atoms with Gasteiger partial charge >= 0.3 is 5.97 Å². The second kappa shape index (κ2) is 10.9. The first-order valence-electron chi connectivity index (χ1n) is 10.3. The molecule has 178 valence electrons. The molecule has 0 fully saturated rings. The molecule has 0 radical (unpaired) electrons. The number of carbonyl (C=O) groups excluding carboxylic acids is 2. The van der Waals surface area contributed by atoms with Gasteiger partial charge in [-0.25, -0.2) is 4.79 Å². The topological polar surface area (TPSA) is 123 Å². The van der Waals surface area contributed by atoms with Crippen molar-refractivity contribution in [2.45, 2.75) is 13.0 Å². The number of nitro groups is 1. The van der Waals surface area contributed by atoms with Crippen LogP contribution in [0.4, 0.5) is 11.4 Å². The minimum atomic E-state index is -0.588. The van der Waals surface area contributed by atoms with Gasteiger partial charge in [-0.15, -0.1) is 0 Å². The van der Waals surface area contributed by atoms with Crippen LogP contribution in [0.3, 0.4) is 0 Å². The molecule has 2 aromatic carbocycles. The van der Waals surface area contributed by atoms with Crippen LogP contribution in [-0.4, -0.2) is 54.2 Å². The molecule has 1 atom stereocenters. The number of benzene rings is 2. The number of allylic oxidation sites excluding steroid dienone is 1. The van der Waals surface area contributed by atoms with Crippen molar-refractivity contribution in [3.63, 3.8) is 0 Å². The number of rotatable bonds is 8. The van der Waals surface area contributed by atoms with E-state index < -0.39 is 22.8 Å². The SMILES string of the molecule is COCCOC(=O)C1=C(C)N(C)C(=S)NC1c1cccc(NC(=O)c2ccc([N+](=O)[O-])cc2)c1. The van der Waals surface area contributed by atoms with E-state index in [4.69, 9.17) is 21.7 Å². The lowest BCUT2D eigenvalue weighted by Gasteiger charge is -2.35. The Morgan fingerprint density at radius 2 is 1.91 bits per heavy atom. The molecule has 0 aromatic heterocycles. The Morgan fingerprint density at radius 3 is 2.56 bits per heavy atom. The zero-order valence-corrected chi connectivity index (χ0v) is 19.7. The van der Waals surface area contributed by atoms with Gasteiger partial charge in [0.2, 0.25) is 0 Å². The van der Waals surface area contributed by atoms with Gasteiger partial charge in [-0.05, 0) is 49.0 Å². The van der Waals surface area contributed by atoms with Gasteiger partial charge in [0.05, 0.1) is 23.1 Å². The normalized spacial score (nSPS) is 15.6. The summed E-state index contributed by atoms with van der Waals surface area (Å²) in [5, 5.41) is 17.2. The van der Waals surface area contributed by atoms with Crippen molar-refractivity contribution in [3.05, 3.63) is 81.0 Å². The third kappa shape index (κ3) is 5.56. The standard InChI is InChI=1S/C23H24N4O6S/c1-14-19(22(29)33-12-11-32-3)20(25-23(34)26(14)2)16-5-4-6-17(13-16)24-21(28)15-7-9-18(10-8-15)27(30)31/h4-10,13,20H,11-12H2,1-3H3,(H,24,28)(H,25,34). The van der Waals surface area contributed by atoms with Gasteiger partial charge in [0.25, 0.3) is 11.6 Å². The van der Waals surface area contributed by atoms with E-state index in [0.717, 1.165) is 0 Å². The van der Waals surface area contributed by atoms with E-state index in [2.05, 4.69) is 10.6 Å². The molecule has 2 N–H and O–H groups in total. The number of hydrogen-bond donors (Lipinski definition) is 2. The van der Waals surface area contributed by atoms with Crippen molar-refractivity contribution in [1.82, 2.24) is 10.2 Å². The van der Waals surface area contributed by atoms with Crippen LogP contribution in [0.1, 0.15) is 28.9 Å². The number of nitro benzene ring substituents is 1. The zero-order valence-electron chi connectivity index (χ0n) is 18.9. The lowest BCUT2D eigenvalue weighted by molar-refractivity contribution is -0.384. The monoisotopic (exact) mass is 484 g/mol. The molecule has 34 heavy (non-hydrogen) atoms. The Kier molecular flexibility index (Phi) is 7.92. The van der Waals surface area contributed by atoms with Gasteiger partial charge in [0.15, 0.2) is 5.11 Å². The molecule has 1 unspecified atom stereocenters. The third-order valence-electron chi connectivity index (χ3n) is 5.31. The Hall–Kier alpha value is -3.83. The fourth-order valence-electron chi connectivity index (χ4n) is 3.38. The summed E-state index contributed by atoms with van der Waals surface area (Å²) >= 11 is 5.41. The fourth-order valence-corrected chi connectivity index (χ4v) is 3.63. The molecule has 0 saturated carbocycles. The number of ether oxygens (including phenoxy) is 2. The van der Waals surface area contributed by atoms with Crippen molar-refractivity contribution in [1.29, 1.82) is 0 Å². The predicted molar refractivity (Wildman–Crippen MR) is 129 cm³/mol. The number of amides is 1. The van der Waals surface area contributed by atoms with Crippen molar-refractivity contribution < 1.29 is 24.0 Å². The molecular weight excluding hydrogens is 460 g/mol. The Labute approximate surface area is 201 Å². The highest BCUT2D eigenvalue weighted by Gasteiger charge is 2.33. The molecule has 1 aliphatic heterocycles. The molecular formula is C23H24N4O6S. The second-order valence-corrected chi connectivity index (χ2v) is 7.84. The molecule has 0 spiro atoms. The lowest BCUT2D eigenvalue weighted by atomic mass is 9.95. The van der Waals surface area contributed by atoms with Crippen molar-refractivity contribution in [3.8, 4) is 0 Å². The van der Waals surface area contributed by atoms with Crippen molar-refractivity contribution in [2.75, 3.05) is 32.7 Å². The average Bonchev–Trinajstić information content (AvgIpc) is 2.82. The fraction of sp³-hybridized carbons (Fsp3) is 0.261. The Morgan fingerprint density at radius 1 is 1.21 bits per heavy atom. The van der Waals surface area contributed by atoms with E-state index >= 15 is 0 Å². The smallest absolute Gasteiger partial charge is 0.338 e. The van der Waals surface area contributed by atoms with Crippen LogP contribution in [-0.2, 0) is 14.3 Å². The minimum Gasteiger partial charge on any atom is -0.460 e. The first-order chi connectivity index (χ1) is 16.2. The van der Waals surface area contributed by atoms with E-state index in [-0.39, 0.29) is 24.5 Å². The Bertz CT molecular complexity index is 1150. The molecule has 0 aliphatic carbocycles. The number of nitrogens with one attached hydrogen (secondary N) is 2. The van der Waals surface area contributed by atoms with Gasteiger partial charge < -0.3 is 25.0 Å². The van der Waals surface area contributed by atoms with E-state index in [9.17, 15) is 19.7 Å². The minimum absolute atomic E-state index is 0.102. The van der Waals surface area contributed by atoms with E-state index in [1.807, 2.05) is 6.07 Å². The molecule has 11 heteroatoms. The van der Waals surface area contributed by atoms with Crippen LogP contribution in [0, 0.1) is 10.1 Å². The summed E-state index contributed by atoms with van der Waals surface area (Å²) in [6, 6.07) is 11.7. The third-order valence-corrected chi connectivity index (χ3v) is 5.70. The van der Waals surface area contributed by atoms with Crippen LogP contribution < -0.4 is 10.6 Å². The molecule has 1 aliphatic rings. The van der Waals surface area contributed by atoms with E-state index in [1.165, 1.54) is 31.4 Å². The molecule has 0 saturated heterocycles. The maximum Gasteiger partial charge on any atom is 0.338 e. The van der Waals surface area contributed by atoms with Crippen LogP contribution in [0.5, 0.6) is 0 Å². The summed E-state index contributed by atoms with van der Waals surface area (Å²) in [4.78, 5) is 37.5. The first kappa shape index (κ1) is 24.8. The zero-order chi connectivity index (χ0) is 24.8. The van der Waals surface area contributed by atoms with E-state index in [0.29, 0.717) is 27.6 Å². The predicted octanol–water partition coefficient (Wildman–Crippen LogP) is 3.17. The molecule has 10 nitrogen and oxygen atoms in total. The number of thiocarbonyl (C=S) groups is 1. The number of methoxy groups -OCH3 is 1. The van der Waals surface area contributed by atoms with Crippen molar-refractivity contribution in [2.24, 2.45) is 0 Å². The van der Waals surface area contributed by atoms with Gasteiger partial charge in [0.1, 0.15) is 6.61 Å². The highest BCUT2D eigenvalue weighted by atomic mass is 32.1. The van der Waals surface area contributed by atoms with Crippen LogP contribution in [0.25, 0.3) is 0 Å². The number of anilines is 1. The number of carbonyl (C=O) groups is 2. The number of non-ortho nitro benzene ring substituents is 1. The molecule has 1 amide bonds. The summed E-state index contributed by atoms with van der Waals surface area (Å²) in [6.45, 7) is 2.17. The molecule has 1 heterocycles. The molecule has 2 aromatic rings. The van der Waals surface area contributed by atoms with Crippen LogP contribution >= 0.6 is 12.2 Å². The summed E-state index contributed by atoms with van der Waals surface area (Å²) in [5.74, 6) is -0.924. The summed E-state index contributed by atoms with van der Waals surface area (Å²) in [5.41, 5.74) is 2.39. The van der Waals surface area contributed by atoms with Crippen LogP contribution in [0.15, 0.2) is 59.8 Å². The average molecular weight is 485 g/mol. The van der Waals surface area contributed by atoms with Crippen molar-refractivity contribution >= 4 is 40.6 Å². The van der Waals surface area contributed by atoms with Gasteiger partial charge in [-0.1, -0.05) is 12.1 Å². The lowest BCUT2D eigenvalue weighted by Crippen LogP contribution is -2.46. The largest absolute Gasteiger partial charge is 0.460 e. The highest BCUT2D eigenvalue weighted by molar-refractivity contribution is 7.80. The molecule has 3 rings (SSSR count).